The van der Waals surface area contributed by atoms with Crippen LogP contribution in [-0.4, -0.2) is 23.6 Å². The van der Waals surface area contributed by atoms with Crippen LogP contribution >= 0.6 is 27.7 Å². The third kappa shape index (κ3) is 5.23. The van der Waals surface area contributed by atoms with Crippen LogP contribution in [0.4, 0.5) is 0 Å². The average Bonchev–Trinajstić information content (AvgIpc) is 2.24. The maximum absolute atomic E-state index is 11.5. The largest absolute Gasteiger partial charge is 0.459 e. The summed E-state index contributed by atoms with van der Waals surface area (Å²) in [4.78, 5) is 23.1. The molecule has 0 saturated carbocycles. The highest BCUT2D eigenvalue weighted by Crippen LogP contribution is 2.25. The van der Waals surface area contributed by atoms with Gasteiger partial charge in [0, 0.05) is 14.9 Å². The molecule has 0 radical (unpaired) electrons. The minimum atomic E-state index is -0.459. The molecule has 0 amide bonds. The summed E-state index contributed by atoms with van der Waals surface area (Å²) in [7, 11) is 0. The van der Waals surface area contributed by atoms with E-state index < -0.39 is 5.60 Å². The molecule has 18 heavy (non-hydrogen) atoms. The van der Waals surface area contributed by atoms with Crippen LogP contribution in [0.25, 0.3) is 0 Å². The number of carbonyl (C=O) groups excluding carboxylic acids is 2. The molecule has 98 valence electrons. The van der Waals surface area contributed by atoms with Crippen molar-refractivity contribution in [2.24, 2.45) is 0 Å². The van der Waals surface area contributed by atoms with Gasteiger partial charge < -0.3 is 4.74 Å². The van der Waals surface area contributed by atoms with Gasteiger partial charge in [-0.05, 0) is 39.0 Å². The second kappa shape index (κ2) is 6.38. The van der Waals surface area contributed by atoms with E-state index in [0.29, 0.717) is 5.56 Å². The van der Waals surface area contributed by atoms with Crippen molar-refractivity contribution in [2.45, 2.75) is 31.3 Å². The molecule has 0 aliphatic heterocycles. The maximum Gasteiger partial charge on any atom is 0.316 e. The lowest BCUT2D eigenvalue weighted by Crippen LogP contribution is -2.24. The van der Waals surface area contributed by atoms with Crippen molar-refractivity contribution in [1.29, 1.82) is 0 Å². The minimum Gasteiger partial charge on any atom is -0.459 e. The molecule has 0 heterocycles. The second-order valence-corrected chi connectivity index (χ2v) is 6.58. The van der Waals surface area contributed by atoms with Crippen molar-refractivity contribution in [2.75, 3.05) is 5.75 Å². The summed E-state index contributed by atoms with van der Waals surface area (Å²) in [6, 6.07) is 5.34. The van der Waals surface area contributed by atoms with E-state index in [-0.39, 0.29) is 11.7 Å². The standard InChI is InChI=1S/C13H15BrO3S/c1-13(2,3)17-12(16)8-18-10-5-4-9(7-15)11(14)6-10/h4-7H,8H2,1-3H3. The first-order valence-corrected chi connectivity index (χ1v) is 7.19. The highest BCUT2D eigenvalue weighted by Gasteiger charge is 2.16. The van der Waals surface area contributed by atoms with Gasteiger partial charge in [-0.15, -0.1) is 11.8 Å². The predicted octanol–water partition coefficient (Wildman–Crippen LogP) is 3.70. The van der Waals surface area contributed by atoms with Crippen LogP contribution in [0.1, 0.15) is 31.1 Å². The Balaban J connectivity index is 2.56. The molecule has 0 saturated heterocycles. The number of aldehydes is 1. The molecular formula is C13H15BrO3S. The number of halogens is 1. The Labute approximate surface area is 119 Å². The molecule has 1 rings (SSSR count). The molecule has 1 aromatic carbocycles. The number of ether oxygens (including phenoxy) is 1. The zero-order chi connectivity index (χ0) is 13.8. The van der Waals surface area contributed by atoms with Crippen LogP contribution in [0.3, 0.4) is 0 Å². The Kier molecular flexibility index (Phi) is 5.41. The number of hydrogen-bond donors (Lipinski definition) is 0. The van der Waals surface area contributed by atoms with Gasteiger partial charge in [-0.3, -0.25) is 9.59 Å². The molecule has 0 bridgehead atoms. The van der Waals surface area contributed by atoms with Gasteiger partial charge in [-0.1, -0.05) is 15.9 Å². The third-order valence-electron chi connectivity index (χ3n) is 1.88. The van der Waals surface area contributed by atoms with Crippen LogP contribution in [0.2, 0.25) is 0 Å². The third-order valence-corrected chi connectivity index (χ3v) is 3.53. The van der Waals surface area contributed by atoms with Gasteiger partial charge in [-0.2, -0.15) is 0 Å². The van der Waals surface area contributed by atoms with Gasteiger partial charge in [0.05, 0.1) is 5.75 Å². The van der Waals surface area contributed by atoms with Crippen molar-refractivity contribution in [3.05, 3.63) is 28.2 Å². The molecule has 5 heteroatoms. The number of benzene rings is 1. The topological polar surface area (TPSA) is 43.4 Å². The summed E-state index contributed by atoms with van der Waals surface area (Å²) < 4.78 is 5.94. The summed E-state index contributed by atoms with van der Waals surface area (Å²) in [5.41, 5.74) is 0.135. The fourth-order valence-electron chi connectivity index (χ4n) is 1.21. The molecule has 0 spiro atoms. The van der Waals surface area contributed by atoms with Crippen LogP contribution in [-0.2, 0) is 9.53 Å². The van der Waals surface area contributed by atoms with Crippen molar-refractivity contribution in [3.8, 4) is 0 Å². The molecule has 0 aliphatic carbocycles. The molecule has 3 nitrogen and oxygen atoms in total. The van der Waals surface area contributed by atoms with Gasteiger partial charge in [-0.25, -0.2) is 0 Å². The van der Waals surface area contributed by atoms with Crippen molar-refractivity contribution < 1.29 is 14.3 Å². The van der Waals surface area contributed by atoms with E-state index in [9.17, 15) is 9.59 Å². The Morgan fingerprint density at radius 1 is 1.44 bits per heavy atom. The van der Waals surface area contributed by atoms with Crippen molar-refractivity contribution >= 4 is 39.9 Å². The second-order valence-electron chi connectivity index (χ2n) is 4.68. The normalized spacial score (nSPS) is 11.1. The smallest absolute Gasteiger partial charge is 0.316 e. The Hall–Kier alpha value is -0.810. The SMILES string of the molecule is CC(C)(C)OC(=O)CSc1ccc(C=O)c(Br)c1. The Bertz CT molecular complexity index is 452. The van der Waals surface area contributed by atoms with E-state index >= 15 is 0 Å². The number of hydrogen-bond acceptors (Lipinski definition) is 4. The molecule has 1 aromatic rings. The lowest BCUT2D eigenvalue weighted by molar-refractivity contribution is -0.151. The number of thioether (sulfide) groups is 1. The molecule has 0 aliphatic rings. The monoisotopic (exact) mass is 330 g/mol. The minimum absolute atomic E-state index is 0.247. The lowest BCUT2D eigenvalue weighted by atomic mass is 10.2. The van der Waals surface area contributed by atoms with E-state index in [0.717, 1.165) is 15.7 Å². The summed E-state index contributed by atoms with van der Waals surface area (Å²) in [5, 5.41) is 0. The van der Waals surface area contributed by atoms with Crippen LogP contribution < -0.4 is 0 Å². The fourth-order valence-corrected chi connectivity index (χ4v) is 2.54. The summed E-state index contributed by atoms with van der Waals surface area (Å²) in [6.07, 6.45) is 0.784. The summed E-state index contributed by atoms with van der Waals surface area (Å²) in [5.74, 6) is 0.00697. The summed E-state index contributed by atoms with van der Waals surface area (Å²) >= 11 is 4.68. The highest BCUT2D eigenvalue weighted by atomic mass is 79.9. The van der Waals surface area contributed by atoms with Crippen LogP contribution in [0, 0.1) is 0 Å². The van der Waals surface area contributed by atoms with Crippen LogP contribution in [0.5, 0.6) is 0 Å². The summed E-state index contributed by atoms with van der Waals surface area (Å²) in [6.45, 7) is 5.51. The first-order valence-electron chi connectivity index (χ1n) is 5.41. The first kappa shape index (κ1) is 15.2. The van der Waals surface area contributed by atoms with Gasteiger partial charge in [0.2, 0.25) is 0 Å². The maximum atomic E-state index is 11.5. The van der Waals surface area contributed by atoms with Gasteiger partial charge in [0.25, 0.3) is 0 Å². The molecule has 0 atom stereocenters. The molecule has 0 N–H and O–H groups in total. The molecule has 0 fully saturated rings. The van der Waals surface area contributed by atoms with Crippen molar-refractivity contribution in [1.82, 2.24) is 0 Å². The predicted molar refractivity (Wildman–Crippen MR) is 76.1 cm³/mol. The van der Waals surface area contributed by atoms with E-state index in [1.165, 1.54) is 11.8 Å². The van der Waals surface area contributed by atoms with Gasteiger partial charge in [0.15, 0.2) is 6.29 Å². The number of carbonyl (C=O) groups is 2. The molecule has 0 unspecified atom stereocenters. The quantitative estimate of drug-likeness (QED) is 0.479. The zero-order valence-corrected chi connectivity index (χ0v) is 12.9. The van der Waals surface area contributed by atoms with Crippen LogP contribution in [0.15, 0.2) is 27.6 Å². The van der Waals surface area contributed by atoms with Gasteiger partial charge in [0.1, 0.15) is 5.60 Å². The van der Waals surface area contributed by atoms with E-state index in [1.807, 2.05) is 32.9 Å². The first-order chi connectivity index (χ1) is 8.31. The zero-order valence-electron chi connectivity index (χ0n) is 10.5. The van der Waals surface area contributed by atoms with E-state index in [1.54, 1.807) is 6.07 Å². The average molecular weight is 331 g/mol. The lowest BCUT2D eigenvalue weighted by Gasteiger charge is -2.19. The number of esters is 1. The number of rotatable bonds is 4. The Morgan fingerprint density at radius 3 is 2.61 bits per heavy atom. The van der Waals surface area contributed by atoms with Crippen molar-refractivity contribution in [3.63, 3.8) is 0 Å². The fraction of sp³-hybridized carbons (Fsp3) is 0.385. The highest BCUT2D eigenvalue weighted by molar-refractivity contribution is 9.10. The molecular weight excluding hydrogens is 316 g/mol. The van der Waals surface area contributed by atoms with Gasteiger partial charge >= 0.3 is 5.97 Å². The Morgan fingerprint density at radius 2 is 2.11 bits per heavy atom. The van der Waals surface area contributed by atoms with E-state index in [4.69, 9.17) is 4.74 Å². The molecule has 0 aromatic heterocycles. The van der Waals surface area contributed by atoms with E-state index in [2.05, 4.69) is 15.9 Å².